The van der Waals surface area contributed by atoms with Gasteiger partial charge in [0.1, 0.15) is 5.69 Å². The molecule has 2 amide bonds. The van der Waals surface area contributed by atoms with Crippen molar-refractivity contribution in [2.45, 2.75) is 52.0 Å². The lowest BCUT2D eigenvalue weighted by atomic mass is 9.99. The molecular formula is C17H25N3O2. The van der Waals surface area contributed by atoms with Gasteiger partial charge in [-0.25, -0.2) is 0 Å². The van der Waals surface area contributed by atoms with E-state index in [1.807, 2.05) is 11.8 Å². The molecule has 0 aromatic carbocycles. The fraction of sp³-hybridized carbons (Fsp3) is 0.588. The first-order valence-corrected chi connectivity index (χ1v) is 8.22. The van der Waals surface area contributed by atoms with Gasteiger partial charge in [-0.05, 0) is 44.2 Å². The van der Waals surface area contributed by atoms with Crippen molar-refractivity contribution in [3.05, 3.63) is 29.6 Å². The molecule has 1 aliphatic rings. The number of pyridine rings is 1. The van der Waals surface area contributed by atoms with Crippen LogP contribution in [-0.4, -0.2) is 40.8 Å². The third kappa shape index (κ3) is 3.84. The van der Waals surface area contributed by atoms with Crippen molar-refractivity contribution in [3.8, 4) is 0 Å². The number of carbonyl (C=O) groups excluding carboxylic acids is 2. The molecule has 1 unspecified atom stereocenters. The zero-order valence-corrected chi connectivity index (χ0v) is 13.5. The van der Waals surface area contributed by atoms with E-state index in [1.165, 1.54) is 6.42 Å². The highest BCUT2D eigenvalue weighted by Crippen LogP contribution is 2.21. The lowest BCUT2D eigenvalue weighted by molar-refractivity contribution is 0.0608. The van der Waals surface area contributed by atoms with Gasteiger partial charge >= 0.3 is 0 Å². The third-order valence-electron chi connectivity index (χ3n) is 4.13. The SMILES string of the molecule is CCCNC(=O)c1cc(C(=O)N2CCCCC2CC)ccn1. The van der Waals surface area contributed by atoms with Crippen LogP contribution in [0.4, 0.5) is 0 Å². The highest BCUT2D eigenvalue weighted by molar-refractivity contribution is 5.98. The second-order valence-electron chi connectivity index (χ2n) is 5.74. The van der Waals surface area contributed by atoms with Gasteiger partial charge in [-0.1, -0.05) is 13.8 Å². The maximum Gasteiger partial charge on any atom is 0.269 e. The summed E-state index contributed by atoms with van der Waals surface area (Å²) in [5, 5.41) is 2.79. The number of nitrogens with zero attached hydrogens (tertiary/aromatic N) is 2. The number of aromatic nitrogens is 1. The van der Waals surface area contributed by atoms with Gasteiger partial charge < -0.3 is 10.2 Å². The Labute approximate surface area is 132 Å². The van der Waals surface area contributed by atoms with Gasteiger partial charge in [0.05, 0.1) is 0 Å². The molecule has 0 saturated carbocycles. The van der Waals surface area contributed by atoms with E-state index in [-0.39, 0.29) is 11.8 Å². The summed E-state index contributed by atoms with van der Waals surface area (Å²) in [7, 11) is 0. The van der Waals surface area contributed by atoms with Crippen LogP contribution in [0.3, 0.4) is 0 Å². The van der Waals surface area contributed by atoms with Crippen LogP contribution in [0, 0.1) is 0 Å². The minimum absolute atomic E-state index is 0.0125. The van der Waals surface area contributed by atoms with Crippen LogP contribution in [-0.2, 0) is 0 Å². The van der Waals surface area contributed by atoms with E-state index in [0.29, 0.717) is 23.8 Å². The number of carbonyl (C=O) groups is 2. The Morgan fingerprint density at radius 2 is 2.18 bits per heavy atom. The van der Waals surface area contributed by atoms with Crippen LogP contribution < -0.4 is 5.32 Å². The normalized spacial score (nSPS) is 18.1. The third-order valence-corrected chi connectivity index (χ3v) is 4.13. The number of amides is 2. The summed E-state index contributed by atoms with van der Waals surface area (Å²) >= 11 is 0. The quantitative estimate of drug-likeness (QED) is 0.909. The largest absolute Gasteiger partial charge is 0.351 e. The Hall–Kier alpha value is -1.91. The lowest BCUT2D eigenvalue weighted by Crippen LogP contribution is -2.43. The van der Waals surface area contributed by atoms with Crippen molar-refractivity contribution < 1.29 is 9.59 Å². The van der Waals surface area contributed by atoms with Crippen LogP contribution in [0.25, 0.3) is 0 Å². The molecule has 2 rings (SSSR count). The molecule has 5 nitrogen and oxygen atoms in total. The van der Waals surface area contributed by atoms with E-state index in [0.717, 1.165) is 32.2 Å². The Kier molecular flexibility index (Phi) is 5.92. The van der Waals surface area contributed by atoms with E-state index in [9.17, 15) is 9.59 Å². The molecular weight excluding hydrogens is 278 g/mol. The minimum atomic E-state index is -0.220. The average Bonchev–Trinajstić information content (AvgIpc) is 2.59. The Bertz CT molecular complexity index is 530. The van der Waals surface area contributed by atoms with Gasteiger partial charge in [-0.15, -0.1) is 0 Å². The maximum absolute atomic E-state index is 12.7. The summed E-state index contributed by atoms with van der Waals surface area (Å²) in [5.41, 5.74) is 0.862. The Morgan fingerprint density at radius 1 is 1.36 bits per heavy atom. The van der Waals surface area contributed by atoms with Crippen molar-refractivity contribution in [2.24, 2.45) is 0 Å². The minimum Gasteiger partial charge on any atom is -0.351 e. The summed E-state index contributed by atoms with van der Waals surface area (Å²) in [6.07, 6.45) is 6.69. The summed E-state index contributed by atoms with van der Waals surface area (Å²) in [4.78, 5) is 30.7. The van der Waals surface area contributed by atoms with Crippen LogP contribution >= 0.6 is 0 Å². The molecule has 120 valence electrons. The van der Waals surface area contributed by atoms with Crippen molar-refractivity contribution in [3.63, 3.8) is 0 Å². The van der Waals surface area contributed by atoms with E-state index >= 15 is 0 Å². The highest BCUT2D eigenvalue weighted by Gasteiger charge is 2.26. The molecule has 1 aromatic heterocycles. The molecule has 1 N–H and O–H groups in total. The fourth-order valence-corrected chi connectivity index (χ4v) is 2.88. The molecule has 0 spiro atoms. The van der Waals surface area contributed by atoms with Crippen molar-refractivity contribution in [2.75, 3.05) is 13.1 Å². The molecule has 1 saturated heterocycles. The zero-order valence-electron chi connectivity index (χ0n) is 13.5. The number of likely N-dealkylation sites (tertiary alicyclic amines) is 1. The predicted octanol–water partition coefficient (Wildman–Crippen LogP) is 2.63. The standard InChI is InChI=1S/C17H25N3O2/c1-3-9-19-16(21)15-12-13(8-10-18-15)17(22)20-11-6-5-7-14(20)4-2/h8,10,12,14H,3-7,9,11H2,1-2H3,(H,19,21). The Morgan fingerprint density at radius 3 is 2.91 bits per heavy atom. The topological polar surface area (TPSA) is 62.3 Å². The van der Waals surface area contributed by atoms with Gasteiger partial charge in [-0.3, -0.25) is 14.6 Å². The molecule has 0 bridgehead atoms. The van der Waals surface area contributed by atoms with E-state index < -0.39 is 0 Å². The molecule has 1 atom stereocenters. The molecule has 1 fully saturated rings. The van der Waals surface area contributed by atoms with Gasteiger partial charge in [0, 0.05) is 30.9 Å². The Balaban J connectivity index is 2.14. The van der Waals surface area contributed by atoms with Crippen molar-refractivity contribution >= 4 is 11.8 Å². The smallest absolute Gasteiger partial charge is 0.269 e. The molecule has 2 heterocycles. The summed E-state index contributed by atoms with van der Waals surface area (Å²) < 4.78 is 0. The van der Waals surface area contributed by atoms with Gasteiger partial charge in [0.25, 0.3) is 11.8 Å². The summed E-state index contributed by atoms with van der Waals surface area (Å²) in [6.45, 7) is 5.53. The molecule has 5 heteroatoms. The maximum atomic E-state index is 12.7. The second-order valence-corrected chi connectivity index (χ2v) is 5.74. The lowest BCUT2D eigenvalue weighted by Gasteiger charge is -2.35. The number of nitrogens with one attached hydrogen (secondary N) is 1. The molecule has 1 aromatic rings. The molecule has 22 heavy (non-hydrogen) atoms. The van der Waals surface area contributed by atoms with E-state index in [4.69, 9.17) is 0 Å². The van der Waals surface area contributed by atoms with Crippen LogP contribution in [0.5, 0.6) is 0 Å². The number of hydrogen-bond donors (Lipinski definition) is 1. The van der Waals surface area contributed by atoms with Gasteiger partial charge in [0.15, 0.2) is 0 Å². The first-order valence-electron chi connectivity index (χ1n) is 8.22. The van der Waals surface area contributed by atoms with E-state index in [1.54, 1.807) is 18.3 Å². The first kappa shape index (κ1) is 16.5. The van der Waals surface area contributed by atoms with Gasteiger partial charge in [-0.2, -0.15) is 0 Å². The van der Waals surface area contributed by atoms with Crippen molar-refractivity contribution in [1.82, 2.24) is 15.2 Å². The highest BCUT2D eigenvalue weighted by atomic mass is 16.2. The van der Waals surface area contributed by atoms with Crippen LogP contribution in [0.2, 0.25) is 0 Å². The molecule has 0 radical (unpaired) electrons. The molecule has 0 aliphatic carbocycles. The van der Waals surface area contributed by atoms with Crippen LogP contribution in [0.1, 0.15) is 66.8 Å². The number of hydrogen-bond acceptors (Lipinski definition) is 3. The first-order chi connectivity index (χ1) is 10.7. The average molecular weight is 303 g/mol. The molecule has 1 aliphatic heterocycles. The number of piperidine rings is 1. The van der Waals surface area contributed by atoms with Crippen molar-refractivity contribution in [1.29, 1.82) is 0 Å². The van der Waals surface area contributed by atoms with Gasteiger partial charge in [0.2, 0.25) is 0 Å². The van der Waals surface area contributed by atoms with Crippen LogP contribution in [0.15, 0.2) is 18.3 Å². The fourth-order valence-electron chi connectivity index (χ4n) is 2.88. The number of rotatable bonds is 5. The zero-order chi connectivity index (χ0) is 15.9. The van der Waals surface area contributed by atoms with E-state index in [2.05, 4.69) is 17.2 Å². The predicted molar refractivity (Wildman–Crippen MR) is 85.8 cm³/mol. The monoisotopic (exact) mass is 303 g/mol. The summed E-state index contributed by atoms with van der Waals surface area (Å²) in [6, 6.07) is 3.61. The second kappa shape index (κ2) is 7.92. The summed E-state index contributed by atoms with van der Waals surface area (Å²) in [5.74, 6) is -0.208.